The summed E-state index contributed by atoms with van der Waals surface area (Å²) in [6, 6.07) is 11.0. The maximum absolute atomic E-state index is 13.0. The molecule has 1 aliphatic rings. The lowest BCUT2D eigenvalue weighted by Gasteiger charge is -2.29. The first-order valence-corrected chi connectivity index (χ1v) is 9.02. The van der Waals surface area contributed by atoms with Crippen LogP contribution in [0, 0.1) is 0 Å². The normalized spacial score (nSPS) is 19.7. The predicted octanol–water partition coefficient (Wildman–Crippen LogP) is 2.49. The average Bonchev–Trinajstić information content (AvgIpc) is 3.08. The lowest BCUT2D eigenvalue weighted by molar-refractivity contribution is 0.0520. The molecule has 2 heterocycles. The number of likely N-dealkylation sites (N-methyl/N-ethyl adjacent to an activating group) is 1. The van der Waals surface area contributed by atoms with Gasteiger partial charge in [-0.25, -0.2) is 0 Å². The Morgan fingerprint density at radius 2 is 2.08 bits per heavy atom. The van der Waals surface area contributed by atoms with Gasteiger partial charge in [-0.05, 0) is 37.1 Å². The van der Waals surface area contributed by atoms with Crippen LogP contribution in [0.5, 0.6) is 0 Å². The average molecular weight is 355 g/mol. The summed E-state index contributed by atoms with van der Waals surface area (Å²) in [5, 5.41) is 18.6. The van der Waals surface area contributed by atoms with Crippen LogP contribution >= 0.6 is 0 Å². The highest BCUT2D eigenvalue weighted by Gasteiger charge is 2.34. The molecule has 2 aromatic rings. The smallest absolute Gasteiger partial charge is 0.254 e. The Balaban J connectivity index is 1.85. The number of ether oxygens (including phenoxy) is 1. The van der Waals surface area contributed by atoms with E-state index in [1.807, 2.05) is 37.3 Å². The van der Waals surface area contributed by atoms with E-state index in [2.05, 4.69) is 24.0 Å². The first kappa shape index (κ1) is 18.5. The Hall–Kier alpha value is -2.31. The number of hydrogen-bond donors (Lipinski definition) is 1. The molecule has 1 aromatic carbocycles. The predicted molar refractivity (Wildman–Crippen MR) is 98.9 cm³/mol. The molecule has 0 aliphatic carbocycles. The van der Waals surface area contributed by atoms with Gasteiger partial charge in [-0.2, -0.15) is 10.2 Å². The lowest BCUT2D eigenvalue weighted by Crippen LogP contribution is -2.46. The number of aliphatic hydroxyl groups excluding tert-OH is 1. The number of hydrogen-bond acceptors (Lipinski definition) is 5. The van der Waals surface area contributed by atoms with Crippen molar-refractivity contribution in [3.8, 4) is 11.3 Å². The Kier molecular flexibility index (Phi) is 5.64. The number of nitrogens with zero attached hydrogens (tertiary/aromatic N) is 3. The van der Waals surface area contributed by atoms with E-state index in [0.29, 0.717) is 24.6 Å². The quantitative estimate of drug-likeness (QED) is 0.892. The molecule has 1 aliphatic heterocycles. The molecule has 1 fully saturated rings. The fourth-order valence-corrected chi connectivity index (χ4v) is 3.14. The Morgan fingerprint density at radius 3 is 2.65 bits per heavy atom. The van der Waals surface area contributed by atoms with Gasteiger partial charge < -0.3 is 14.7 Å². The van der Waals surface area contributed by atoms with Crippen LogP contribution < -0.4 is 0 Å². The molecule has 2 atom stereocenters. The minimum Gasteiger partial charge on any atom is -0.388 e. The van der Waals surface area contributed by atoms with Gasteiger partial charge in [-0.3, -0.25) is 4.79 Å². The van der Waals surface area contributed by atoms with E-state index < -0.39 is 6.10 Å². The van der Waals surface area contributed by atoms with Crippen molar-refractivity contribution < 1.29 is 14.6 Å². The SMILES string of the molecule is CCN(C(=O)c1cccc(-c2ccc(C(C)C)nn2)c1)[C@@H]1COC[C@H]1O. The molecule has 1 N–H and O–H groups in total. The third-order valence-electron chi connectivity index (χ3n) is 4.71. The van der Waals surface area contributed by atoms with Crippen LogP contribution in [0.3, 0.4) is 0 Å². The molecular formula is C20H25N3O3. The van der Waals surface area contributed by atoms with Crippen molar-refractivity contribution in [2.45, 2.75) is 38.8 Å². The van der Waals surface area contributed by atoms with Crippen LogP contribution in [0.25, 0.3) is 11.3 Å². The third kappa shape index (κ3) is 3.76. The molecule has 1 saturated heterocycles. The molecular weight excluding hydrogens is 330 g/mol. The number of carbonyl (C=O) groups excluding carboxylic acids is 1. The van der Waals surface area contributed by atoms with Gasteiger partial charge in [0.15, 0.2) is 0 Å². The summed E-state index contributed by atoms with van der Waals surface area (Å²) >= 11 is 0. The zero-order valence-corrected chi connectivity index (χ0v) is 15.4. The highest BCUT2D eigenvalue weighted by Crippen LogP contribution is 2.22. The second kappa shape index (κ2) is 7.93. The van der Waals surface area contributed by atoms with Gasteiger partial charge in [0.05, 0.1) is 36.7 Å². The zero-order chi connectivity index (χ0) is 18.7. The van der Waals surface area contributed by atoms with Crippen LogP contribution in [-0.4, -0.2) is 58.0 Å². The molecule has 3 rings (SSSR count). The van der Waals surface area contributed by atoms with Gasteiger partial charge in [0.2, 0.25) is 0 Å². The monoisotopic (exact) mass is 355 g/mol. The highest BCUT2D eigenvalue weighted by atomic mass is 16.5. The molecule has 0 bridgehead atoms. The van der Waals surface area contributed by atoms with Gasteiger partial charge in [-0.1, -0.05) is 26.0 Å². The first-order valence-electron chi connectivity index (χ1n) is 9.02. The molecule has 1 aromatic heterocycles. The number of aliphatic hydroxyl groups is 1. The summed E-state index contributed by atoms with van der Waals surface area (Å²) in [7, 11) is 0. The third-order valence-corrected chi connectivity index (χ3v) is 4.71. The van der Waals surface area contributed by atoms with Crippen molar-refractivity contribution in [2.75, 3.05) is 19.8 Å². The number of carbonyl (C=O) groups is 1. The van der Waals surface area contributed by atoms with Crippen molar-refractivity contribution in [3.63, 3.8) is 0 Å². The maximum Gasteiger partial charge on any atom is 0.254 e. The Bertz CT molecular complexity index is 761. The summed E-state index contributed by atoms with van der Waals surface area (Å²) in [6.07, 6.45) is -0.642. The fourth-order valence-electron chi connectivity index (χ4n) is 3.14. The number of rotatable bonds is 5. The Morgan fingerprint density at radius 1 is 1.27 bits per heavy atom. The van der Waals surface area contributed by atoms with E-state index in [9.17, 15) is 9.90 Å². The van der Waals surface area contributed by atoms with Crippen LogP contribution in [-0.2, 0) is 4.74 Å². The second-order valence-electron chi connectivity index (χ2n) is 6.84. The Labute approximate surface area is 153 Å². The minimum atomic E-state index is -0.642. The molecule has 138 valence electrons. The highest BCUT2D eigenvalue weighted by molar-refractivity contribution is 5.95. The van der Waals surface area contributed by atoms with Crippen molar-refractivity contribution in [1.29, 1.82) is 0 Å². The van der Waals surface area contributed by atoms with Gasteiger partial charge in [0.1, 0.15) is 0 Å². The minimum absolute atomic E-state index is 0.115. The van der Waals surface area contributed by atoms with Crippen molar-refractivity contribution in [1.82, 2.24) is 15.1 Å². The lowest BCUT2D eigenvalue weighted by atomic mass is 10.0. The standard InChI is InChI=1S/C20H25N3O3/c1-4-23(18-11-26-12-19(18)24)20(25)15-7-5-6-14(10-15)17-9-8-16(13(2)3)21-22-17/h5-10,13,18-19,24H,4,11-12H2,1-3H3/t18-,19-/m1/s1. The van der Waals surface area contributed by atoms with Crippen LogP contribution in [0.1, 0.15) is 42.7 Å². The molecule has 0 saturated carbocycles. The van der Waals surface area contributed by atoms with Gasteiger partial charge in [0.25, 0.3) is 5.91 Å². The summed E-state index contributed by atoms with van der Waals surface area (Å²) in [6.45, 7) is 7.20. The number of amides is 1. The van der Waals surface area contributed by atoms with E-state index in [1.165, 1.54) is 0 Å². The molecule has 0 unspecified atom stereocenters. The number of benzene rings is 1. The van der Waals surface area contributed by atoms with Gasteiger partial charge in [-0.15, -0.1) is 0 Å². The van der Waals surface area contributed by atoms with E-state index in [0.717, 1.165) is 17.0 Å². The molecule has 6 heteroatoms. The van der Waals surface area contributed by atoms with E-state index >= 15 is 0 Å². The van der Waals surface area contributed by atoms with Crippen LogP contribution in [0.15, 0.2) is 36.4 Å². The molecule has 26 heavy (non-hydrogen) atoms. The molecule has 6 nitrogen and oxygen atoms in total. The van der Waals surface area contributed by atoms with Gasteiger partial charge >= 0.3 is 0 Å². The second-order valence-corrected chi connectivity index (χ2v) is 6.84. The summed E-state index contributed by atoms with van der Waals surface area (Å²) in [4.78, 5) is 14.6. The van der Waals surface area contributed by atoms with Crippen molar-refractivity contribution in [2.24, 2.45) is 0 Å². The fraction of sp³-hybridized carbons (Fsp3) is 0.450. The van der Waals surface area contributed by atoms with E-state index in [-0.39, 0.29) is 18.6 Å². The van der Waals surface area contributed by atoms with E-state index in [4.69, 9.17) is 4.74 Å². The largest absolute Gasteiger partial charge is 0.388 e. The zero-order valence-electron chi connectivity index (χ0n) is 15.4. The molecule has 0 radical (unpaired) electrons. The van der Waals surface area contributed by atoms with Crippen molar-refractivity contribution in [3.05, 3.63) is 47.7 Å². The van der Waals surface area contributed by atoms with Crippen LogP contribution in [0.2, 0.25) is 0 Å². The maximum atomic E-state index is 13.0. The molecule has 0 spiro atoms. The summed E-state index contributed by atoms with van der Waals surface area (Å²) < 4.78 is 5.30. The summed E-state index contributed by atoms with van der Waals surface area (Å²) in [5.41, 5.74) is 3.08. The molecule has 1 amide bonds. The van der Waals surface area contributed by atoms with E-state index in [1.54, 1.807) is 11.0 Å². The topological polar surface area (TPSA) is 75.6 Å². The first-order chi connectivity index (χ1) is 12.5. The summed E-state index contributed by atoms with van der Waals surface area (Å²) in [5.74, 6) is 0.207. The number of aromatic nitrogens is 2. The van der Waals surface area contributed by atoms with Crippen LogP contribution in [0.4, 0.5) is 0 Å². The van der Waals surface area contributed by atoms with Crippen molar-refractivity contribution >= 4 is 5.91 Å². The van der Waals surface area contributed by atoms with Gasteiger partial charge in [0, 0.05) is 17.7 Å².